The Morgan fingerprint density at radius 2 is 1.97 bits per heavy atom. The zero-order valence-corrected chi connectivity index (χ0v) is 17.0. The number of carbonyl (C=O) groups excluding carboxylic acids is 1. The lowest BCUT2D eigenvalue weighted by Gasteiger charge is -2.32. The topological polar surface area (TPSA) is 68.5 Å². The van der Waals surface area contributed by atoms with Gasteiger partial charge in [-0.05, 0) is 30.7 Å². The summed E-state index contributed by atoms with van der Waals surface area (Å²) in [6.07, 6.45) is -7.88. The summed E-state index contributed by atoms with van der Waals surface area (Å²) in [6.45, 7) is 0.711. The van der Waals surface area contributed by atoms with Gasteiger partial charge in [-0.3, -0.25) is 4.79 Å². The van der Waals surface area contributed by atoms with Crippen molar-refractivity contribution in [2.24, 2.45) is 11.7 Å². The van der Waals surface area contributed by atoms with Gasteiger partial charge in [0.25, 0.3) is 0 Å². The third-order valence-electron chi connectivity index (χ3n) is 5.13. The van der Waals surface area contributed by atoms with E-state index in [2.05, 4.69) is 4.98 Å². The number of primary amides is 1. The fourth-order valence-corrected chi connectivity index (χ4v) is 4.66. The number of nitrogens with two attached hydrogens (primary N) is 1. The number of carbonyl (C=O) groups is 1. The van der Waals surface area contributed by atoms with Crippen LogP contribution in [0.15, 0.2) is 30.5 Å². The standard InChI is InChI=1S/C19H19F6N3O2S/c1-10(13-3-5-15(31-13)30-9-18(20,21)22)16-12(17(26)29)6-7-28(16)14-4-2-11(8-27-14)19(23,24)25/h2-5,8,10,12,16H,6-7,9H2,1H3,(H2,26,29)/t10-,12?,16?/m0/s1. The van der Waals surface area contributed by atoms with E-state index in [1.54, 1.807) is 17.9 Å². The van der Waals surface area contributed by atoms with Gasteiger partial charge in [-0.25, -0.2) is 4.98 Å². The van der Waals surface area contributed by atoms with Crippen LogP contribution in [0.2, 0.25) is 0 Å². The van der Waals surface area contributed by atoms with Crippen molar-refractivity contribution in [1.82, 2.24) is 4.98 Å². The lowest BCUT2D eigenvalue weighted by atomic mass is 9.88. The zero-order chi connectivity index (χ0) is 23.0. The summed E-state index contributed by atoms with van der Waals surface area (Å²) in [7, 11) is 0. The number of ether oxygens (including phenoxy) is 1. The fourth-order valence-electron chi connectivity index (χ4n) is 3.71. The van der Waals surface area contributed by atoms with E-state index < -0.39 is 42.4 Å². The summed E-state index contributed by atoms with van der Waals surface area (Å²) in [5.41, 5.74) is 4.65. The van der Waals surface area contributed by atoms with Crippen LogP contribution in [-0.4, -0.2) is 36.3 Å². The Kier molecular flexibility index (Phi) is 6.40. The minimum Gasteiger partial charge on any atom is -0.475 e. The van der Waals surface area contributed by atoms with Crippen LogP contribution >= 0.6 is 11.3 Å². The molecule has 1 saturated heterocycles. The van der Waals surface area contributed by atoms with Crippen molar-refractivity contribution in [2.75, 3.05) is 18.1 Å². The van der Waals surface area contributed by atoms with Crippen molar-refractivity contribution in [3.05, 3.63) is 40.9 Å². The molecule has 1 aliphatic heterocycles. The molecule has 0 spiro atoms. The molecule has 0 aromatic carbocycles. The minimum absolute atomic E-state index is 0.0759. The highest BCUT2D eigenvalue weighted by Gasteiger charge is 2.42. The lowest BCUT2D eigenvalue weighted by Crippen LogP contribution is -2.41. The SMILES string of the molecule is C[C@@H](c1ccc(OCC(F)(F)F)s1)C1C(C(N)=O)CCN1c1ccc(C(F)(F)F)cn1. The smallest absolute Gasteiger partial charge is 0.422 e. The van der Waals surface area contributed by atoms with Crippen LogP contribution in [-0.2, 0) is 11.0 Å². The highest BCUT2D eigenvalue weighted by Crippen LogP contribution is 2.41. The van der Waals surface area contributed by atoms with E-state index in [9.17, 15) is 31.1 Å². The number of alkyl halides is 6. The van der Waals surface area contributed by atoms with Crippen molar-refractivity contribution < 1.29 is 35.9 Å². The van der Waals surface area contributed by atoms with Gasteiger partial charge in [0.2, 0.25) is 5.91 Å². The molecule has 0 bridgehead atoms. The van der Waals surface area contributed by atoms with Gasteiger partial charge in [0, 0.05) is 29.6 Å². The van der Waals surface area contributed by atoms with E-state index >= 15 is 0 Å². The van der Waals surface area contributed by atoms with E-state index in [4.69, 9.17) is 10.5 Å². The van der Waals surface area contributed by atoms with Gasteiger partial charge >= 0.3 is 12.4 Å². The highest BCUT2D eigenvalue weighted by molar-refractivity contribution is 7.13. The van der Waals surface area contributed by atoms with Gasteiger partial charge in [-0.15, -0.1) is 11.3 Å². The van der Waals surface area contributed by atoms with E-state index in [1.165, 1.54) is 12.1 Å². The molecule has 3 rings (SSSR count). The van der Waals surface area contributed by atoms with Gasteiger partial charge in [0.05, 0.1) is 11.5 Å². The van der Waals surface area contributed by atoms with Crippen LogP contribution in [0, 0.1) is 5.92 Å². The van der Waals surface area contributed by atoms with Crippen molar-refractivity contribution in [1.29, 1.82) is 0 Å². The molecule has 3 atom stereocenters. The number of halogens is 6. The fraction of sp³-hybridized carbons (Fsp3) is 0.474. The first kappa shape index (κ1) is 23.2. The molecule has 0 saturated carbocycles. The number of aromatic nitrogens is 1. The number of thiophene rings is 1. The van der Waals surface area contributed by atoms with Gasteiger partial charge in [0.15, 0.2) is 11.7 Å². The molecule has 170 valence electrons. The normalized spacial score (nSPS) is 20.7. The van der Waals surface area contributed by atoms with Crippen molar-refractivity contribution >= 4 is 23.1 Å². The summed E-state index contributed by atoms with van der Waals surface area (Å²) in [4.78, 5) is 18.3. The largest absolute Gasteiger partial charge is 0.475 e. The number of nitrogens with zero attached hydrogens (tertiary/aromatic N) is 2. The molecule has 2 unspecified atom stereocenters. The quantitative estimate of drug-likeness (QED) is 0.632. The maximum absolute atomic E-state index is 12.8. The first-order valence-electron chi connectivity index (χ1n) is 9.25. The molecule has 31 heavy (non-hydrogen) atoms. The maximum atomic E-state index is 12.8. The number of rotatable bonds is 6. The molecule has 1 aliphatic rings. The second kappa shape index (κ2) is 8.56. The lowest BCUT2D eigenvalue weighted by molar-refractivity contribution is -0.153. The number of amides is 1. The first-order chi connectivity index (χ1) is 14.4. The Morgan fingerprint density at radius 3 is 2.52 bits per heavy atom. The third kappa shape index (κ3) is 5.41. The predicted molar refractivity (Wildman–Crippen MR) is 102 cm³/mol. The van der Waals surface area contributed by atoms with Crippen LogP contribution < -0.4 is 15.4 Å². The molecule has 1 fully saturated rings. The van der Waals surface area contributed by atoms with Crippen molar-refractivity contribution in [2.45, 2.75) is 37.7 Å². The third-order valence-corrected chi connectivity index (χ3v) is 6.33. The number of anilines is 1. The number of pyridine rings is 1. The van der Waals surface area contributed by atoms with Gasteiger partial charge in [-0.2, -0.15) is 26.3 Å². The van der Waals surface area contributed by atoms with E-state index in [-0.39, 0.29) is 16.8 Å². The Hall–Kier alpha value is -2.50. The molecular weight excluding hydrogens is 448 g/mol. The second-order valence-electron chi connectivity index (χ2n) is 7.23. The summed E-state index contributed by atoms with van der Waals surface area (Å²) in [6, 6.07) is 4.65. The average molecular weight is 467 g/mol. The Labute approximate surface area is 177 Å². The zero-order valence-electron chi connectivity index (χ0n) is 16.2. The highest BCUT2D eigenvalue weighted by atomic mass is 32.1. The Balaban J connectivity index is 1.84. The number of hydrogen-bond acceptors (Lipinski definition) is 5. The monoisotopic (exact) mass is 467 g/mol. The molecule has 2 aromatic heterocycles. The summed E-state index contributed by atoms with van der Waals surface area (Å²) in [5.74, 6) is -1.26. The van der Waals surface area contributed by atoms with Gasteiger partial charge in [-0.1, -0.05) is 6.92 Å². The van der Waals surface area contributed by atoms with Gasteiger partial charge < -0.3 is 15.4 Å². The maximum Gasteiger partial charge on any atom is 0.422 e. The molecular formula is C19H19F6N3O2S. The van der Waals surface area contributed by atoms with Crippen LogP contribution in [0.3, 0.4) is 0 Å². The number of hydrogen-bond donors (Lipinski definition) is 1. The second-order valence-corrected chi connectivity index (χ2v) is 8.31. The van der Waals surface area contributed by atoms with Gasteiger partial charge in [0.1, 0.15) is 5.82 Å². The minimum atomic E-state index is -4.53. The molecule has 3 heterocycles. The van der Waals surface area contributed by atoms with Crippen LogP contribution in [0.1, 0.15) is 29.7 Å². The van der Waals surface area contributed by atoms with Crippen LogP contribution in [0.4, 0.5) is 32.2 Å². The molecule has 1 amide bonds. The molecule has 5 nitrogen and oxygen atoms in total. The van der Waals surface area contributed by atoms with E-state index in [0.29, 0.717) is 17.8 Å². The molecule has 0 radical (unpaired) electrons. The molecule has 2 aromatic rings. The summed E-state index contributed by atoms with van der Waals surface area (Å²) in [5, 5.41) is 0.0759. The molecule has 2 N–H and O–H groups in total. The Morgan fingerprint density at radius 1 is 1.26 bits per heavy atom. The van der Waals surface area contributed by atoms with Crippen LogP contribution in [0.5, 0.6) is 5.06 Å². The summed E-state index contributed by atoms with van der Waals surface area (Å²) >= 11 is 1.02. The van der Waals surface area contributed by atoms with E-state index in [1.807, 2.05) is 0 Å². The summed E-state index contributed by atoms with van der Waals surface area (Å²) < 4.78 is 80.4. The molecule has 12 heteroatoms. The van der Waals surface area contributed by atoms with E-state index in [0.717, 1.165) is 23.6 Å². The Bertz CT molecular complexity index is 913. The predicted octanol–water partition coefficient (Wildman–Crippen LogP) is 4.59. The molecule has 0 aliphatic carbocycles. The first-order valence-corrected chi connectivity index (χ1v) is 10.1. The van der Waals surface area contributed by atoms with Crippen LogP contribution in [0.25, 0.3) is 0 Å². The van der Waals surface area contributed by atoms with Crippen molar-refractivity contribution in [3.8, 4) is 5.06 Å². The van der Waals surface area contributed by atoms with Crippen molar-refractivity contribution in [3.63, 3.8) is 0 Å². The average Bonchev–Trinajstić information content (AvgIpc) is 3.32.